The van der Waals surface area contributed by atoms with Crippen LogP contribution in [0, 0.1) is 0 Å². The monoisotopic (exact) mass is 251 g/mol. The minimum absolute atomic E-state index is 0.289. The summed E-state index contributed by atoms with van der Waals surface area (Å²) in [7, 11) is 0. The molecule has 1 atom stereocenters. The van der Waals surface area contributed by atoms with Crippen LogP contribution in [0.15, 0.2) is 24.3 Å². The second-order valence-corrected chi connectivity index (χ2v) is 4.85. The molecule has 0 saturated heterocycles. The highest BCUT2D eigenvalue weighted by Crippen LogP contribution is 2.10. The van der Waals surface area contributed by atoms with Crippen LogP contribution in [0.1, 0.15) is 42.6 Å². The molecule has 0 heterocycles. The lowest BCUT2D eigenvalue weighted by atomic mass is 10.0. The van der Waals surface area contributed by atoms with E-state index in [1.54, 1.807) is 24.3 Å². The maximum absolute atomic E-state index is 10.7. The zero-order chi connectivity index (χ0) is 13.6. The van der Waals surface area contributed by atoms with Crippen molar-refractivity contribution in [1.82, 2.24) is 5.32 Å². The van der Waals surface area contributed by atoms with E-state index >= 15 is 0 Å². The van der Waals surface area contributed by atoms with Crippen LogP contribution in [0.3, 0.4) is 0 Å². The number of hydrogen-bond acceptors (Lipinski definition) is 3. The molecular formula is C14H21NO3. The first-order valence-corrected chi connectivity index (χ1v) is 6.20. The first-order chi connectivity index (χ1) is 8.44. The highest BCUT2D eigenvalue weighted by molar-refractivity contribution is 5.87. The number of aromatic carboxylic acids is 1. The SMILES string of the molecule is CCCC(C)(O)CNCc1ccc(C(=O)O)cc1. The van der Waals surface area contributed by atoms with Crippen molar-refractivity contribution < 1.29 is 15.0 Å². The second kappa shape index (κ2) is 6.52. The lowest BCUT2D eigenvalue weighted by Gasteiger charge is -2.23. The maximum Gasteiger partial charge on any atom is 0.335 e. The van der Waals surface area contributed by atoms with Crippen molar-refractivity contribution in [2.75, 3.05) is 6.54 Å². The molecule has 1 aromatic rings. The van der Waals surface area contributed by atoms with Crippen LogP contribution in [0.5, 0.6) is 0 Å². The van der Waals surface area contributed by atoms with Gasteiger partial charge in [0.2, 0.25) is 0 Å². The van der Waals surface area contributed by atoms with Crippen molar-refractivity contribution >= 4 is 5.97 Å². The van der Waals surface area contributed by atoms with Gasteiger partial charge >= 0.3 is 5.97 Å². The van der Waals surface area contributed by atoms with Gasteiger partial charge in [-0.3, -0.25) is 0 Å². The molecule has 0 amide bonds. The normalized spacial score (nSPS) is 14.2. The first-order valence-electron chi connectivity index (χ1n) is 6.20. The molecule has 0 aliphatic heterocycles. The van der Waals surface area contributed by atoms with E-state index < -0.39 is 11.6 Å². The Morgan fingerprint density at radius 1 is 1.33 bits per heavy atom. The Bertz CT molecular complexity index is 385. The molecule has 18 heavy (non-hydrogen) atoms. The molecule has 0 aliphatic rings. The third-order valence-corrected chi connectivity index (χ3v) is 2.82. The molecule has 0 bridgehead atoms. The van der Waals surface area contributed by atoms with Crippen LogP contribution in [-0.4, -0.2) is 28.3 Å². The fourth-order valence-electron chi connectivity index (χ4n) is 1.87. The molecule has 1 rings (SSSR count). The maximum atomic E-state index is 10.7. The van der Waals surface area contributed by atoms with Gasteiger partial charge in [-0.05, 0) is 31.0 Å². The summed E-state index contributed by atoms with van der Waals surface area (Å²) in [4.78, 5) is 10.7. The van der Waals surface area contributed by atoms with Crippen LogP contribution in [-0.2, 0) is 6.54 Å². The highest BCUT2D eigenvalue weighted by Gasteiger charge is 2.17. The average molecular weight is 251 g/mol. The second-order valence-electron chi connectivity index (χ2n) is 4.85. The van der Waals surface area contributed by atoms with Gasteiger partial charge in [-0.15, -0.1) is 0 Å². The summed E-state index contributed by atoms with van der Waals surface area (Å²) in [5.41, 5.74) is 0.611. The van der Waals surface area contributed by atoms with Crippen molar-refractivity contribution in [3.05, 3.63) is 35.4 Å². The van der Waals surface area contributed by atoms with E-state index in [2.05, 4.69) is 5.32 Å². The van der Waals surface area contributed by atoms with Crippen molar-refractivity contribution in [2.45, 2.75) is 38.8 Å². The van der Waals surface area contributed by atoms with Crippen LogP contribution < -0.4 is 5.32 Å². The summed E-state index contributed by atoms with van der Waals surface area (Å²) < 4.78 is 0. The topological polar surface area (TPSA) is 69.6 Å². The number of nitrogens with one attached hydrogen (secondary N) is 1. The lowest BCUT2D eigenvalue weighted by molar-refractivity contribution is 0.0498. The van der Waals surface area contributed by atoms with Gasteiger partial charge in [-0.25, -0.2) is 4.79 Å². The Morgan fingerprint density at radius 2 is 1.94 bits per heavy atom. The van der Waals surface area contributed by atoms with Crippen LogP contribution in [0.2, 0.25) is 0 Å². The molecular weight excluding hydrogens is 230 g/mol. The Hall–Kier alpha value is -1.39. The third kappa shape index (κ3) is 4.85. The van der Waals surface area contributed by atoms with Crippen LogP contribution in [0.4, 0.5) is 0 Å². The summed E-state index contributed by atoms with van der Waals surface area (Å²) in [6.07, 6.45) is 1.71. The zero-order valence-corrected chi connectivity index (χ0v) is 10.9. The minimum Gasteiger partial charge on any atom is -0.478 e. The lowest BCUT2D eigenvalue weighted by Crippen LogP contribution is -2.37. The number of carboxylic acids is 1. The molecule has 1 unspecified atom stereocenters. The predicted molar refractivity (Wildman–Crippen MR) is 70.6 cm³/mol. The van der Waals surface area contributed by atoms with E-state index in [1.165, 1.54) is 0 Å². The molecule has 4 heteroatoms. The van der Waals surface area contributed by atoms with Gasteiger partial charge in [0.15, 0.2) is 0 Å². The standard InChI is InChI=1S/C14H21NO3/c1-3-8-14(2,18)10-15-9-11-4-6-12(7-5-11)13(16)17/h4-7,15,18H,3,8-10H2,1-2H3,(H,16,17). The minimum atomic E-state index is -0.916. The van der Waals surface area contributed by atoms with Gasteiger partial charge in [-0.2, -0.15) is 0 Å². The largest absolute Gasteiger partial charge is 0.478 e. The van der Waals surface area contributed by atoms with Crippen LogP contribution in [0.25, 0.3) is 0 Å². The predicted octanol–water partition coefficient (Wildman–Crippen LogP) is 2.03. The average Bonchev–Trinajstić information content (AvgIpc) is 2.29. The quantitative estimate of drug-likeness (QED) is 0.693. The van der Waals surface area contributed by atoms with E-state index in [0.29, 0.717) is 13.1 Å². The summed E-state index contributed by atoms with van der Waals surface area (Å²) in [6.45, 7) is 5.01. The molecule has 0 aromatic heterocycles. The van der Waals surface area contributed by atoms with Gasteiger partial charge < -0.3 is 15.5 Å². The number of carbonyl (C=O) groups is 1. The number of carboxylic acid groups (broad SMARTS) is 1. The Kier molecular flexibility index (Phi) is 5.31. The zero-order valence-electron chi connectivity index (χ0n) is 10.9. The molecule has 0 spiro atoms. The fourth-order valence-corrected chi connectivity index (χ4v) is 1.87. The molecule has 0 saturated carbocycles. The van der Waals surface area contributed by atoms with Crippen molar-refractivity contribution in [1.29, 1.82) is 0 Å². The summed E-state index contributed by atoms with van der Waals surface area (Å²) >= 11 is 0. The van der Waals surface area contributed by atoms with Gasteiger partial charge in [0.05, 0.1) is 11.2 Å². The molecule has 0 radical (unpaired) electrons. The molecule has 3 N–H and O–H groups in total. The van der Waals surface area contributed by atoms with Gasteiger partial charge in [-0.1, -0.05) is 25.5 Å². The van der Waals surface area contributed by atoms with Crippen LogP contribution >= 0.6 is 0 Å². The number of hydrogen-bond donors (Lipinski definition) is 3. The van der Waals surface area contributed by atoms with E-state index in [4.69, 9.17) is 5.11 Å². The first kappa shape index (κ1) is 14.7. The number of rotatable bonds is 7. The smallest absolute Gasteiger partial charge is 0.335 e. The Morgan fingerprint density at radius 3 is 2.44 bits per heavy atom. The number of benzene rings is 1. The van der Waals surface area contributed by atoms with E-state index in [0.717, 1.165) is 18.4 Å². The van der Waals surface area contributed by atoms with E-state index in [-0.39, 0.29) is 5.56 Å². The van der Waals surface area contributed by atoms with E-state index in [9.17, 15) is 9.90 Å². The van der Waals surface area contributed by atoms with Gasteiger partial charge in [0.25, 0.3) is 0 Å². The van der Waals surface area contributed by atoms with Crippen molar-refractivity contribution in [3.8, 4) is 0 Å². The molecule has 4 nitrogen and oxygen atoms in total. The molecule has 0 aliphatic carbocycles. The van der Waals surface area contributed by atoms with Gasteiger partial charge in [0, 0.05) is 13.1 Å². The number of aliphatic hydroxyl groups is 1. The summed E-state index contributed by atoms with van der Waals surface area (Å²) in [5.74, 6) is -0.916. The van der Waals surface area contributed by atoms with Crippen molar-refractivity contribution in [3.63, 3.8) is 0 Å². The summed E-state index contributed by atoms with van der Waals surface area (Å²) in [6, 6.07) is 6.74. The Labute approximate surface area is 108 Å². The van der Waals surface area contributed by atoms with Gasteiger partial charge in [0.1, 0.15) is 0 Å². The molecule has 1 aromatic carbocycles. The Balaban J connectivity index is 2.42. The summed E-state index contributed by atoms with van der Waals surface area (Å²) in [5, 5.41) is 21.9. The van der Waals surface area contributed by atoms with Crippen molar-refractivity contribution in [2.24, 2.45) is 0 Å². The highest BCUT2D eigenvalue weighted by atomic mass is 16.4. The van der Waals surface area contributed by atoms with E-state index in [1.807, 2.05) is 13.8 Å². The third-order valence-electron chi connectivity index (χ3n) is 2.82. The fraction of sp³-hybridized carbons (Fsp3) is 0.500. The molecule has 100 valence electrons. The molecule has 0 fully saturated rings.